The van der Waals surface area contributed by atoms with Gasteiger partial charge >= 0.3 is 0 Å². The van der Waals surface area contributed by atoms with E-state index in [1.807, 2.05) is 10.6 Å². The molecule has 2 aliphatic rings. The van der Waals surface area contributed by atoms with Gasteiger partial charge in [0, 0.05) is 31.2 Å². The highest BCUT2D eigenvalue weighted by molar-refractivity contribution is 7.80. The van der Waals surface area contributed by atoms with Gasteiger partial charge in [0.25, 0.3) is 5.56 Å². The van der Waals surface area contributed by atoms with Crippen LogP contribution in [0.5, 0.6) is 0 Å². The summed E-state index contributed by atoms with van der Waals surface area (Å²) in [6.45, 7) is 5.12. The molecule has 4 nitrogen and oxygen atoms in total. The largest absolute Gasteiger partial charge is 0.389 e. The molecule has 5 heteroatoms. The molecule has 1 saturated carbocycles. The molecule has 1 aromatic rings. The van der Waals surface area contributed by atoms with Gasteiger partial charge in [0.05, 0.1) is 5.56 Å². The topological polar surface area (TPSA) is 51.3 Å². The monoisotopic (exact) mass is 277 g/mol. The summed E-state index contributed by atoms with van der Waals surface area (Å²) in [5, 5.41) is 0. The van der Waals surface area contributed by atoms with Crippen LogP contribution in [-0.4, -0.2) is 27.5 Å². The second kappa shape index (κ2) is 4.72. The first kappa shape index (κ1) is 12.8. The average Bonchev–Trinajstić information content (AvgIpc) is 3.21. The molecule has 1 aliphatic carbocycles. The second-order valence-corrected chi connectivity index (χ2v) is 5.86. The van der Waals surface area contributed by atoms with Crippen LogP contribution in [0, 0.1) is 0 Å². The van der Waals surface area contributed by atoms with Crippen molar-refractivity contribution in [3.63, 3.8) is 0 Å². The molecule has 0 atom stereocenters. The van der Waals surface area contributed by atoms with Crippen LogP contribution in [-0.2, 0) is 13.0 Å². The van der Waals surface area contributed by atoms with Gasteiger partial charge in [-0.1, -0.05) is 19.1 Å². The van der Waals surface area contributed by atoms with Crippen LogP contribution in [0.1, 0.15) is 42.6 Å². The third-order valence-corrected chi connectivity index (χ3v) is 4.33. The summed E-state index contributed by atoms with van der Waals surface area (Å²) in [4.78, 5) is 15.1. The zero-order valence-electron chi connectivity index (χ0n) is 11.2. The highest BCUT2D eigenvalue weighted by Crippen LogP contribution is 2.36. The van der Waals surface area contributed by atoms with Gasteiger partial charge in [0.15, 0.2) is 0 Å². The maximum atomic E-state index is 12.5. The normalized spacial score (nSPS) is 19.2. The van der Waals surface area contributed by atoms with Crippen molar-refractivity contribution in [2.24, 2.45) is 5.73 Å². The quantitative estimate of drug-likeness (QED) is 0.843. The number of thiocarbonyl (C=S) groups is 1. The number of nitrogens with zero attached hydrogens (tertiary/aromatic N) is 2. The third-order valence-electron chi connectivity index (χ3n) is 4.11. The number of hydrogen-bond donors (Lipinski definition) is 1. The fourth-order valence-corrected chi connectivity index (χ4v) is 3.04. The molecule has 0 bridgehead atoms. The summed E-state index contributed by atoms with van der Waals surface area (Å²) >= 11 is 5.03. The predicted octanol–water partition coefficient (Wildman–Crippen LogP) is 1.20. The van der Waals surface area contributed by atoms with Gasteiger partial charge in [0.1, 0.15) is 4.99 Å². The van der Waals surface area contributed by atoms with E-state index < -0.39 is 0 Å². The maximum absolute atomic E-state index is 12.5. The molecule has 1 aliphatic heterocycles. The molecule has 2 N–H and O–H groups in total. The van der Waals surface area contributed by atoms with Gasteiger partial charge in [-0.3, -0.25) is 9.69 Å². The number of rotatable bonds is 3. The van der Waals surface area contributed by atoms with Gasteiger partial charge in [-0.05, 0) is 31.0 Å². The van der Waals surface area contributed by atoms with Crippen LogP contribution in [0.4, 0.5) is 0 Å². The number of likely N-dealkylation sites (N-methyl/N-ethyl adjacent to an activating group) is 1. The van der Waals surface area contributed by atoms with Crippen molar-refractivity contribution in [2.75, 3.05) is 13.1 Å². The fourth-order valence-electron chi connectivity index (χ4n) is 2.89. The number of hydrogen-bond acceptors (Lipinski definition) is 3. The predicted molar refractivity (Wildman–Crippen MR) is 79.5 cm³/mol. The van der Waals surface area contributed by atoms with E-state index in [1.165, 1.54) is 11.3 Å². The molecule has 3 rings (SSSR count). The minimum absolute atomic E-state index is 0.0127. The first-order valence-corrected chi connectivity index (χ1v) is 7.32. The lowest BCUT2D eigenvalue weighted by atomic mass is 10.0. The van der Waals surface area contributed by atoms with Crippen LogP contribution in [0.2, 0.25) is 0 Å². The van der Waals surface area contributed by atoms with Crippen molar-refractivity contribution in [3.05, 3.63) is 33.2 Å². The van der Waals surface area contributed by atoms with Crippen molar-refractivity contribution >= 4 is 17.2 Å². The summed E-state index contributed by atoms with van der Waals surface area (Å²) in [6, 6.07) is 2.30. The third kappa shape index (κ3) is 2.21. The van der Waals surface area contributed by atoms with Gasteiger partial charge in [-0.2, -0.15) is 0 Å². The summed E-state index contributed by atoms with van der Waals surface area (Å²) < 4.78 is 1.97. The Kier molecular flexibility index (Phi) is 3.19. The standard InChI is InChI=1S/C14H19N3OS/c1-2-16-6-5-12-9(8-16)7-11(13(15)19)14(18)17(12)10-3-4-10/h7,10H,2-6,8H2,1H3,(H2,15,19). The van der Waals surface area contributed by atoms with Crippen LogP contribution < -0.4 is 11.3 Å². The SMILES string of the molecule is CCN1CCc2c(cc(C(N)=S)c(=O)n2C2CC2)C1. The zero-order chi connectivity index (χ0) is 13.6. The highest BCUT2D eigenvalue weighted by Gasteiger charge is 2.31. The lowest BCUT2D eigenvalue weighted by Crippen LogP contribution is -2.38. The Labute approximate surface area is 118 Å². The smallest absolute Gasteiger partial charge is 0.261 e. The Balaban J connectivity index is 2.15. The van der Waals surface area contributed by atoms with Crippen molar-refractivity contribution < 1.29 is 0 Å². The lowest BCUT2D eigenvalue weighted by molar-refractivity contribution is 0.261. The molecular formula is C14H19N3OS. The first-order chi connectivity index (χ1) is 9.11. The average molecular weight is 277 g/mol. The molecule has 19 heavy (non-hydrogen) atoms. The minimum Gasteiger partial charge on any atom is -0.389 e. The van der Waals surface area contributed by atoms with Crippen molar-refractivity contribution in [1.29, 1.82) is 0 Å². The number of fused-ring (bicyclic) bond motifs is 1. The van der Waals surface area contributed by atoms with Crippen molar-refractivity contribution in [1.82, 2.24) is 9.47 Å². The number of nitrogens with two attached hydrogens (primary N) is 1. The van der Waals surface area contributed by atoms with Gasteiger partial charge in [-0.25, -0.2) is 0 Å². The molecule has 0 spiro atoms. The molecule has 1 aromatic heterocycles. The van der Waals surface area contributed by atoms with Gasteiger partial charge in [0.2, 0.25) is 0 Å². The first-order valence-electron chi connectivity index (χ1n) is 6.91. The number of pyridine rings is 1. The van der Waals surface area contributed by atoms with Crippen molar-refractivity contribution in [3.8, 4) is 0 Å². The van der Waals surface area contributed by atoms with Crippen LogP contribution in [0.15, 0.2) is 10.9 Å². The highest BCUT2D eigenvalue weighted by atomic mass is 32.1. The van der Waals surface area contributed by atoms with Gasteiger partial charge in [-0.15, -0.1) is 0 Å². The van der Waals surface area contributed by atoms with E-state index >= 15 is 0 Å². The van der Waals surface area contributed by atoms with Gasteiger partial charge < -0.3 is 10.3 Å². The van der Waals surface area contributed by atoms with E-state index in [-0.39, 0.29) is 10.5 Å². The molecule has 102 valence electrons. The van der Waals surface area contributed by atoms with E-state index in [0.717, 1.165) is 38.9 Å². The molecule has 0 amide bonds. The lowest BCUT2D eigenvalue weighted by Gasteiger charge is -2.30. The fraction of sp³-hybridized carbons (Fsp3) is 0.571. The molecule has 1 fully saturated rings. The van der Waals surface area contributed by atoms with E-state index in [2.05, 4.69) is 11.8 Å². The van der Waals surface area contributed by atoms with Crippen LogP contribution in [0.3, 0.4) is 0 Å². The second-order valence-electron chi connectivity index (χ2n) is 5.42. The number of aromatic nitrogens is 1. The molecule has 0 unspecified atom stereocenters. The Morgan fingerprint density at radius 2 is 2.26 bits per heavy atom. The Morgan fingerprint density at radius 3 is 2.84 bits per heavy atom. The van der Waals surface area contributed by atoms with Crippen molar-refractivity contribution in [2.45, 2.75) is 38.8 Å². The Hall–Kier alpha value is -1.20. The Bertz CT molecular complexity index is 589. The van der Waals surface area contributed by atoms with E-state index in [4.69, 9.17) is 18.0 Å². The van der Waals surface area contributed by atoms with Crippen LogP contribution in [0.25, 0.3) is 0 Å². The minimum atomic E-state index is 0.0127. The maximum Gasteiger partial charge on any atom is 0.261 e. The summed E-state index contributed by atoms with van der Waals surface area (Å²) in [7, 11) is 0. The van der Waals surface area contributed by atoms with E-state index in [1.54, 1.807) is 0 Å². The molecule has 0 radical (unpaired) electrons. The van der Waals surface area contributed by atoms with E-state index in [0.29, 0.717) is 11.6 Å². The molecule has 2 heterocycles. The van der Waals surface area contributed by atoms with E-state index in [9.17, 15) is 4.79 Å². The van der Waals surface area contributed by atoms with Crippen LogP contribution >= 0.6 is 12.2 Å². The summed E-state index contributed by atoms with van der Waals surface area (Å²) in [5.74, 6) is 0. The Morgan fingerprint density at radius 1 is 1.53 bits per heavy atom. The molecular weight excluding hydrogens is 258 g/mol. The molecule has 0 saturated heterocycles. The zero-order valence-corrected chi connectivity index (χ0v) is 12.0. The summed E-state index contributed by atoms with van der Waals surface area (Å²) in [6.07, 6.45) is 3.15. The summed E-state index contributed by atoms with van der Waals surface area (Å²) in [5.41, 5.74) is 8.66. The molecule has 0 aromatic carbocycles.